The number of ketones is 1. The van der Waals surface area contributed by atoms with Gasteiger partial charge in [-0.3, -0.25) is 4.79 Å². The van der Waals surface area contributed by atoms with Crippen molar-refractivity contribution in [2.75, 3.05) is 0 Å². The lowest BCUT2D eigenvalue weighted by Gasteiger charge is -2.05. The fraction of sp³-hybridized carbons (Fsp3) is 0.375. The molecule has 2 aliphatic rings. The highest BCUT2D eigenvalue weighted by Crippen LogP contribution is 2.31. The molecule has 0 spiro atoms. The molecule has 1 aliphatic carbocycles. The number of hydrogen-bond donors (Lipinski definition) is 0. The van der Waals surface area contributed by atoms with Crippen LogP contribution in [0.3, 0.4) is 0 Å². The van der Waals surface area contributed by atoms with Crippen molar-refractivity contribution < 1.29 is 14.3 Å². The second-order valence-electron chi connectivity index (χ2n) is 2.65. The first-order valence-electron chi connectivity index (χ1n) is 3.49. The molecule has 0 fully saturated rings. The van der Waals surface area contributed by atoms with E-state index in [4.69, 9.17) is 9.47 Å². The average molecular weight is 152 g/mol. The minimum atomic E-state index is -0.312. The lowest BCUT2D eigenvalue weighted by atomic mass is 10.2. The number of carbonyl (C=O) groups is 1. The first-order chi connectivity index (χ1) is 5.18. The van der Waals surface area contributed by atoms with E-state index in [0.717, 1.165) is 0 Å². The maximum atomic E-state index is 11.2. The minimum absolute atomic E-state index is 0.0515. The third-order valence-corrected chi connectivity index (χ3v) is 1.71. The molecule has 3 heteroatoms. The molecule has 1 unspecified atom stereocenters. The Balaban J connectivity index is 2.35. The molecule has 0 saturated heterocycles. The van der Waals surface area contributed by atoms with Crippen LogP contribution in [0, 0.1) is 0 Å². The van der Waals surface area contributed by atoms with Crippen molar-refractivity contribution in [3.8, 4) is 0 Å². The molecule has 0 aromatic carbocycles. The van der Waals surface area contributed by atoms with Gasteiger partial charge in [0.25, 0.3) is 0 Å². The van der Waals surface area contributed by atoms with E-state index in [9.17, 15) is 4.79 Å². The zero-order valence-electron chi connectivity index (χ0n) is 6.38. The Hall–Kier alpha value is -1.25. The van der Waals surface area contributed by atoms with Gasteiger partial charge in [-0.25, -0.2) is 0 Å². The molecular formula is C8H8O3. The Labute approximate surface area is 64.3 Å². The van der Waals surface area contributed by atoms with Gasteiger partial charge in [-0.15, -0.1) is 0 Å². The highest BCUT2D eigenvalue weighted by molar-refractivity contribution is 6.10. The van der Waals surface area contributed by atoms with Crippen LogP contribution in [-0.4, -0.2) is 12.1 Å². The number of Topliss-reactive ketones (excluding diaryl/α,β-unsaturated/α-hetero) is 1. The van der Waals surface area contributed by atoms with Crippen molar-refractivity contribution in [1.82, 2.24) is 0 Å². The van der Waals surface area contributed by atoms with Crippen LogP contribution in [0.2, 0.25) is 0 Å². The molecule has 0 aromatic heterocycles. The highest BCUT2D eigenvalue weighted by Gasteiger charge is 2.33. The molecule has 0 bridgehead atoms. The first kappa shape index (κ1) is 6.46. The van der Waals surface area contributed by atoms with Gasteiger partial charge in [0.2, 0.25) is 17.8 Å². The van der Waals surface area contributed by atoms with Gasteiger partial charge in [0.15, 0.2) is 5.76 Å². The molecule has 3 nitrogen and oxygen atoms in total. The number of allylic oxidation sites excluding steroid dienone is 2. The second kappa shape index (κ2) is 1.87. The molecule has 58 valence electrons. The predicted molar refractivity (Wildman–Crippen MR) is 37.4 cm³/mol. The molecule has 0 amide bonds. The standard InChI is InChI=1S/C8H8O3/c1-4-3-6-8(7(4)9)11-5(2)10-6/h3,5H,1-2H3. The summed E-state index contributed by atoms with van der Waals surface area (Å²) in [6.45, 7) is 3.51. The summed E-state index contributed by atoms with van der Waals surface area (Å²) >= 11 is 0. The molecule has 2 rings (SSSR count). The third-order valence-electron chi connectivity index (χ3n) is 1.71. The van der Waals surface area contributed by atoms with Crippen LogP contribution in [0.25, 0.3) is 0 Å². The second-order valence-corrected chi connectivity index (χ2v) is 2.65. The molecule has 1 aliphatic heterocycles. The van der Waals surface area contributed by atoms with Gasteiger partial charge in [0.1, 0.15) is 0 Å². The van der Waals surface area contributed by atoms with Crippen molar-refractivity contribution in [3.63, 3.8) is 0 Å². The van der Waals surface area contributed by atoms with Gasteiger partial charge in [-0.2, -0.15) is 0 Å². The van der Waals surface area contributed by atoms with E-state index in [2.05, 4.69) is 0 Å². The van der Waals surface area contributed by atoms with Crippen LogP contribution >= 0.6 is 0 Å². The van der Waals surface area contributed by atoms with Crippen LogP contribution in [0.4, 0.5) is 0 Å². The normalized spacial score (nSPS) is 28.0. The summed E-state index contributed by atoms with van der Waals surface area (Å²) in [7, 11) is 0. The van der Waals surface area contributed by atoms with E-state index in [1.54, 1.807) is 19.9 Å². The summed E-state index contributed by atoms with van der Waals surface area (Å²) in [5.74, 6) is 0.902. The van der Waals surface area contributed by atoms with Crippen molar-refractivity contribution in [3.05, 3.63) is 23.2 Å². The zero-order valence-corrected chi connectivity index (χ0v) is 6.38. The van der Waals surface area contributed by atoms with E-state index < -0.39 is 0 Å². The van der Waals surface area contributed by atoms with Gasteiger partial charge < -0.3 is 9.47 Å². The highest BCUT2D eigenvalue weighted by atomic mass is 16.7. The van der Waals surface area contributed by atoms with Crippen molar-refractivity contribution >= 4 is 5.78 Å². The lowest BCUT2D eigenvalue weighted by Crippen LogP contribution is -2.07. The number of rotatable bonds is 0. The largest absolute Gasteiger partial charge is 0.451 e. The van der Waals surface area contributed by atoms with Crippen LogP contribution in [-0.2, 0) is 14.3 Å². The lowest BCUT2D eigenvalue weighted by molar-refractivity contribution is -0.117. The Kier molecular flexibility index (Phi) is 1.10. The molecule has 11 heavy (non-hydrogen) atoms. The number of hydrogen-bond acceptors (Lipinski definition) is 3. The topological polar surface area (TPSA) is 35.5 Å². The Bertz CT molecular complexity index is 286. The van der Waals surface area contributed by atoms with Gasteiger partial charge in [-0.1, -0.05) is 0 Å². The summed E-state index contributed by atoms with van der Waals surface area (Å²) in [6, 6.07) is 0. The van der Waals surface area contributed by atoms with E-state index in [1.165, 1.54) is 0 Å². The van der Waals surface area contributed by atoms with E-state index >= 15 is 0 Å². The number of ether oxygens (including phenoxy) is 2. The third kappa shape index (κ3) is 0.770. The zero-order chi connectivity index (χ0) is 8.01. The van der Waals surface area contributed by atoms with Gasteiger partial charge in [-0.05, 0) is 13.0 Å². The van der Waals surface area contributed by atoms with E-state index in [0.29, 0.717) is 17.1 Å². The predicted octanol–water partition coefficient (Wildman–Crippen LogP) is 1.12. The Morgan fingerprint density at radius 2 is 2.18 bits per heavy atom. The summed E-state index contributed by atoms with van der Waals surface area (Å²) < 4.78 is 10.3. The molecule has 1 atom stereocenters. The van der Waals surface area contributed by atoms with Crippen molar-refractivity contribution in [2.24, 2.45) is 0 Å². The molecular weight excluding hydrogens is 144 g/mol. The Morgan fingerprint density at radius 1 is 1.45 bits per heavy atom. The molecule has 1 heterocycles. The quantitative estimate of drug-likeness (QED) is 0.521. The van der Waals surface area contributed by atoms with Gasteiger partial charge >= 0.3 is 0 Å². The van der Waals surface area contributed by atoms with Crippen molar-refractivity contribution in [2.45, 2.75) is 20.1 Å². The minimum Gasteiger partial charge on any atom is -0.451 e. The summed E-state index contributed by atoms with van der Waals surface area (Å²) in [4.78, 5) is 11.2. The number of carbonyl (C=O) groups excluding carboxylic acids is 1. The van der Waals surface area contributed by atoms with Gasteiger partial charge in [0, 0.05) is 12.5 Å². The summed E-state index contributed by atoms with van der Waals surface area (Å²) in [5.41, 5.74) is 0.682. The summed E-state index contributed by atoms with van der Waals surface area (Å²) in [5, 5.41) is 0. The SMILES string of the molecule is CC1=CC2=C(OC(C)O2)C1=O. The van der Waals surface area contributed by atoms with Crippen molar-refractivity contribution in [1.29, 1.82) is 0 Å². The first-order valence-corrected chi connectivity index (χ1v) is 3.49. The monoisotopic (exact) mass is 152 g/mol. The fourth-order valence-corrected chi connectivity index (χ4v) is 1.19. The summed E-state index contributed by atoms with van der Waals surface area (Å²) in [6.07, 6.45) is 1.40. The van der Waals surface area contributed by atoms with Crippen LogP contribution < -0.4 is 0 Å². The van der Waals surface area contributed by atoms with E-state index in [1.807, 2.05) is 0 Å². The average Bonchev–Trinajstić information content (AvgIpc) is 2.37. The van der Waals surface area contributed by atoms with Crippen LogP contribution in [0.5, 0.6) is 0 Å². The smallest absolute Gasteiger partial charge is 0.239 e. The Morgan fingerprint density at radius 3 is 2.82 bits per heavy atom. The van der Waals surface area contributed by atoms with Gasteiger partial charge in [0.05, 0.1) is 0 Å². The molecule has 0 saturated carbocycles. The fourth-order valence-electron chi connectivity index (χ4n) is 1.19. The van der Waals surface area contributed by atoms with Crippen LogP contribution in [0.15, 0.2) is 23.2 Å². The maximum Gasteiger partial charge on any atom is 0.239 e. The van der Waals surface area contributed by atoms with Crippen LogP contribution in [0.1, 0.15) is 13.8 Å². The molecule has 0 N–H and O–H groups in total. The molecule has 0 radical (unpaired) electrons. The van der Waals surface area contributed by atoms with E-state index in [-0.39, 0.29) is 12.1 Å². The maximum absolute atomic E-state index is 11.2. The molecule has 0 aromatic rings.